The first kappa shape index (κ1) is 13.5. The smallest absolute Gasteiger partial charge is 0.0495 e. The Kier molecular flexibility index (Phi) is 5.65. The molecule has 1 aromatic carbocycles. The molecule has 0 amide bonds. The Morgan fingerprint density at radius 3 is 2.72 bits per heavy atom. The fourth-order valence-electron chi connectivity index (χ4n) is 2.47. The van der Waals surface area contributed by atoms with Crippen LogP contribution in [0.15, 0.2) is 30.3 Å². The molecule has 1 saturated heterocycles. The molecule has 0 bridgehead atoms. The summed E-state index contributed by atoms with van der Waals surface area (Å²) in [5.74, 6) is 0.751. The summed E-state index contributed by atoms with van der Waals surface area (Å²) in [6, 6.07) is 10.6. The molecule has 2 rings (SSSR count). The molecule has 0 radical (unpaired) electrons. The molecular formula is C15H24N2O. The van der Waals surface area contributed by atoms with Gasteiger partial charge in [-0.3, -0.25) is 4.90 Å². The lowest BCUT2D eigenvalue weighted by Gasteiger charge is -2.23. The fraction of sp³-hybridized carbons (Fsp3) is 0.600. The van der Waals surface area contributed by atoms with Crippen molar-refractivity contribution in [3.05, 3.63) is 35.9 Å². The van der Waals surface area contributed by atoms with Crippen LogP contribution in [-0.2, 0) is 11.3 Å². The predicted molar refractivity (Wildman–Crippen MR) is 74.3 cm³/mol. The normalized spacial score (nSPS) is 19.6. The highest BCUT2D eigenvalue weighted by Gasteiger charge is 2.16. The van der Waals surface area contributed by atoms with Crippen molar-refractivity contribution >= 4 is 0 Å². The second-order valence-corrected chi connectivity index (χ2v) is 5.07. The number of hydrogen-bond donors (Lipinski definition) is 1. The molecule has 0 spiro atoms. The van der Waals surface area contributed by atoms with Crippen LogP contribution in [0.25, 0.3) is 0 Å². The standard InChI is InChI=1S/C15H24N2O/c16-8-10-17(9-6-15-7-11-18-13-15)12-14-4-2-1-3-5-14/h1-5,15H,6-13,16H2. The topological polar surface area (TPSA) is 38.5 Å². The van der Waals surface area contributed by atoms with Gasteiger partial charge in [0.05, 0.1) is 0 Å². The Labute approximate surface area is 110 Å². The van der Waals surface area contributed by atoms with Crippen LogP contribution in [-0.4, -0.2) is 37.7 Å². The van der Waals surface area contributed by atoms with Crippen molar-refractivity contribution in [2.75, 3.05) is 32.8 Å². The summed E-state index contributed by atoms with van der Waals surface area (Å²) in [6.45, 7) is 5.73. The summed E-state index contributed by atoms with van der Waals surface area (Å²) < 4.78 is 5.42. The second kappa shape index (κ2) is 7.52. The van der Waals surface area contributed by atoms with Gasteiger partial charge in [-0.15, -0.1) is 0 Å². The third-order valence-electron chi connectivity index (χ3n) is 3.57. The van der Waals surface area contributed by atoms with E-state index in [-0.39, 0.29) is 0 Å². The van der Waals surface area contributed by atoms with Crippen molar-refractivity contribution in [3.63, 3.8) is 0 Å². The Morgan fingerprint density at radius 2 is 2.06 bits per heavy atom. The Hall–Kier alpha value is -0.900. The molecule has 1 aliphatic rings. The van der Waals surface area contributed by atoms with E-state index in [2.05, 4.69) is 35.2 Å². The molecule has 0 aliphatic carbocycles. The SMILES string of the molecule is NCCN(CCC1CCOC1)Cc1ccccc1. The van der Waals surface area contributed by atoms with Gasteiger partial charge in [0.1, 0.15) is 0 Å². The molecule has 0 saturated carbocycles. The zero-order valence-corrected chi connectivity index (χ0v) is 11.1. The number of nitrogens with zero attached hydrogens (tertiary/aromatic N) is 1. The Morgan fingerprint density at radius 1 is 1.22 bits per heavy atom. The van der Waals surface area contributed by atoms with Crippen molar-refractivity contribution in [2.24, 2.45) is 11.7 Å². The number of benzene rings is 1. The summed E-state index contributed by atoms with van der Waals surface area (Å²) >= 11 is 0. The van der Waals surface area contributed by atoms with Crippen LogP contribution in [0.3, 0.4) is 0 Å². The summed E-state index contributed by atoms with van der Waals surface area (Å²) in [4.78, 5) is 2.45. The van der Waals surface area contributed by atoms with E-state index in [4.69, 9.17) is 10.5 Å². The maximum Gasteiger partial charge on any atom is 0.0495 e. The van der Waals surface area contributed by atoms with Gasteiger partial charge in [0.15, 0.2) is 0 Å². The van der Waals surface area contributed by atoms with Gasteiger partial charge in [-0.2, -0.15) is 0 Å². The number of rotatable bonds is 7. The van der Waals surface area contributed by atoms with Gasteiger partial charge in [-0.1, -0.05) is 30.3 Å². The lowest BCUT2D eigenvalue weighted by molar-refractivity contribution is 0.177. The van der Waals surface area contributed by atoms with Gasteiger partial charge in [-0.25, -0.2) is 0 Å². The van der Waals surface area contributed by atoms with Crippen molar-refractivity contribution < 1.29 is 4.74 Å². The van der Waals surface area contributed by atoms with E-state index < -0.39 is 0 Å². The van der Waals surface area contributed by atoms with E-state index in [0.717, 1.165) is 45.3 Å². The molecule has 0 aromatic heterocycles. The van der Waals surface area contributed by atoms with Crippen molar-refractivity contribution in [1.29, 1.82) is 0 Å². The van der Waals surface area contributed by atoms with Crippen LogP contribution >= 0.6 is 0 Å². The number of hydrogen-bond acceptors (Lipinski definition) is 3. The third-order valence-corrected chi connectivity index (χ3v) is 3.57. The minimum atomic E-state index is 0.730. The first-order valence-electron chi connectivity index (χ1n) is 6.92. The van der Waals surface area contributed by atoms with Crippen molar-refractivity contribution in [1.82, 2.24) is 4.90 Å². The van der Waals surface area contributed by atoms with E-state index in [1.807, 2.05) is 0 Å². The minimum Gasteiger partial charge on any atom is -0.381 e. The van der Waals surface area contributed by atoms with Crippen LogP contribution in [0.5, 0.6) is 0 Å². The lowest BCUT2D eigenvalue weighted by atomic mass is 10.0. The molecule has 3 heteroatoms. The highest BCUT2D eigenvalue weighted by atomic mass is 16.5. The Balaban J connectivity index is 1.79. The molecular weight excluding hydrogens is 224 g/mol. The van der Waals surface area contributed by atoms with E-state index >= 15 is 0 Å². The zero-order chi connectivity index (χ0) is 12.6. The number of ether oxygens (including phenoxy) is 1. The van der Waals surface area contributed by atoms with Gasteiger partial charge in [0.2, 0.25) is 0 Å². The van der Waals surface area contributed by atoms with Crippen LogP contribution in [0.1, 0.15) is 18.4 Å². The van der Waals surface area contributed by atoms with Crippen LogP contribution in [0.2, 0.25) is 0 Å². The monoisotopic (exact) mass is 248 g/mol. The summed E-state index contributed by atoms with van der Waals surface area (Å²) in [5, 5.41) is 0. The summed E-state index contributed by atoms with van der Waals surface area (Å²) in [6.07, 6.45) is 2.45. The summed E-state index contributed by atoms with van der Waals surface area (Å²) in [7, 11) is 0. The van der Waals surface area contributed by atoms with E-state index in [1.54, 1.807) is 0 Å². The van der Waals surface area contributed by atoms with Crippen LogP contribution in [0.4, 0.5) is 0 Å². The zero-order valence-electron chi connectivity index (χ0n) is 11.1. The van der Waals surface area contributed by atoms with E-state index in [0.29, 0.717) is 0 Å². The average Bonchev–Trinajstić information content (AvgIpc) is 2.91. The molecule has 1 atom stereocenters. The molecule has 1 unspecified atom stereocenters. The fourth-order valence-corrected chi connectivity index (χ4v) is 2.47. The maximum absolute atomic E-state index is 5.70. The highest BCUT2D eigenvalue weighted by molar-refractivity contribution is 5.14. The van der Waals surface area contributed by atoms with E-state index in [1.165, 1.54) is 18.4 Å². The molecule has 3 nitrogen and oxygen atoms in total. The second-order valence-electron chi connectivity index (χ2n) is 5.07. The van der Waals surface area contributed by atoms with Crippen molar-refractivity contribution in [2.45, 2.75) is 19.4 Å². The van der Waals surface area contributed by atoms with E-state index in [9.17, 15) is 0 Å². The molecule has 1 fully saturated rings. The highest BCUT2D eigenvalue weighted by Crippen LogP contribution is 2.17. The third kappa shape index (κ3) is 4.41. The van der Waals surface area contributed by atoms with Gasteiger partial charge in [0.25, 0.3) is 0 Å². The first-order valence-corrected chi connectivity index (χ1v) is 6.92. The van der Waals surface area contributed by atoms with Crippen LogP contribution < -0.4 is 5.73 Å². The average molecular weight is 248 g/mol. The van der Waals surface area contributed by atoms with Gasteiger partial charge >= 0.3 is 0 Å². The molecule has 18 heavy (non-hydrogen) atoms. The maximum atomic E-state index is 5.70. The number of nitrogens with two attached hydrogens (primary N) is 1. The molecule has 1 aromatic rings. The summed E-state index contributed by atoms with van der Waals surface area (Å²) in [5.41, 5.74) is 7.07. The van der Waals surface area contributed by atoms with Crippen molar-refractivity contribution in [3.8, 4) is 0 Å². The minimum absolute atomic E-state index is 0.730. The van der Waals surface area contributed by atoms with Crippen LogP contribution in [0, 0.1) is 5.92 Å². The largest absolute Gasteiger partial charge is 0.381 e. The van der Waals surface area contributed by atoms with Gasteiger partial charge < -0.3 is 10.5 Å². The van der Waals surface area contributed by atoms with Gasteiger partial charge in [-0.05, 0) is 30.9 Å². The Bertz CT molecular complexity index is 323. The first-order chi connectivity index (χ1) is 8.88. The molecule has 1 heterocycles. The lowest BCUT2D eigenvalue weighted by Crippen LogP contribution is -2.31. The molecule has 1 aliphatic heterocycles. The predicted octanol–water partition coefficient (Wildman–Crippen LogP) is 1.87. The molecule has 2 N–H and O–H groups in total. The molecule has 100 valence electrons. The van der Waals surface area contributed by atoms with Gasteiger partial charge in [0, 0.05) is 32.8 Å². The quantitative estimate of drug-likeness (QED) is 0.800.